The first-order chi connectivity index (χ1) is 14.9. The monoisotopic (exact) mass is 446 g/mol. The molecule has 0 saturated heterocycles. The lowest BCUT2D eigenvalue weighted by molar-refractivity contribution is -0.142. The molecule has 0 heterocycles. The van der Waals surface area contributed by atoms with Crippen molar-refractivity contribution in [2.75, 3.05) is 93.8 Å². The summed E-state index contributed by atoms with van der Waals surface area (Å²) in [7, 11) is 6.22. The summed E-state index contributed by atoms with van der Waals surface area (Å²) in [4.78, 5) is 40.7. The van der Waals surface area contributed by atoms with E-state index in [1.165, 1.54) is 21.3 Å². The largest absolute Gasteiger partial charge is 0.469 e. The number of carbonyl (C=O) groups excluding carboxylic acids is 3. The maximum atomic E-state index is 11.5. The minimum absolute atomic E-state index is 0.200. The van der Waals surface area contributed by atoms with Crippen molar-refractivity contribution in [3.63, 3.8) is 0 Å². The van der Waals surface area contributed by atoms with Crippen LogP contribution in [0.5, 0.6) is 0 Å². The van der Waals surface area contributed by atoms with E-state index in [1.54, 1.807) is 0 Å². The number of esters is 3. The molecule has 0 rings (SSSR count). The van der Waals surface area contributed by atoms with E-state index >= 15 is 0 Å². The molecule has 0 aromatic heterocycles. The molecule has 0 fully saturated rings. The predicted octanol–water partition coefficient (Wildman–Crippen LogP) is -0.179. The van der Waals surface area contributed by atoms with Crippen LogP contribution < -0.4 is 5.32 Å². The molecule has 0 aliphatic rings. The lowest BCUT2D eigenvalue weighted by atomic mass is 10.3. The zero-order valence-electron chi connectivity index (χ0n) is 20.0. The zero-order valence-corrected chi connectivity index (χ0v) is 20.0. The Balaban J connectivity index is 4.22. The Morgan fingerprint density at radius 1 is 0.645 bits per heavy atom. The van der Waals surface area contributed by atoms with Crippen LogP contribution in [0.3, 0.4) is 0 Å². The molecule has 0 radical (unpaired) electrons. The van der Waals surface area contributed by atoms with E-state index in [4.69, 9.17) is 9.47 Å². The third-order valence-corrected chi connectivity index (χ3v) is 5.10. The molecule has 1 N–H and O–H groups in total. The van der Waals surface area contributed by atoms with Gasteiger partial charge in [0.1, 0.15) is 0 Å². The summed E-state index contributed by atoms with van der Waals surface area (Å²) in [6.45, 7) is 9.99. The third-order valence-electron chi connectivity index (χ3n) is 5.10. The van der Waals surface area contributed by atoms with Crippen molar-refractivity contribution in [3.8, 4) is 0 Å². The van der Waals surface area contributed by atoms with Gasteiger partial charge < -0.3 is 34.2 Å². The summed E-state index contributed by atoms with van der Waals surface area (Å²) in [5.41, 5.74) is 0. The molecule has 0 aliphatic carbocycles. The number of methoxy groups -OCH3 is 3. The average Bonchev–Trinajstić information content (AvgIpc) is 2.79. The van der Waals surface area contributed by atoms with Gasteiger partial charge in [-0.05, 0) is 13.6 Å². The summed E-state index contributed by atoms with van der Waals surface area (Å²) in [6, 6.07) is 0. The van der Waals surface area contributed by atoms with E-state index in [9.17, 15) is 14.4 Å². The van der Waals surface area contributed by atoms with E-state index in [1.807, 2.05) is 0 Å². The quantitative estimate of drug-likeness (QED) is 0.163. The molecule has 0 unspecified atom stereocenters. The highest BCUT2D eigenvalue weighted by Crippen LogP contribution is 1.99. The van der Waals surface area contributed by atoms with Crippen molar-refractivity contribution in [1.82, 2.24) is 20.0 Å². The second-order valence-corrected chi connectivity index (χ2v) is 7.31. The molecule has 10 nitrogen and oxygen atoms in total. The Bertz CT molecular complexity index is 486. The maximum Gasteiger partial charge on any atom is 0.306 e. The molecule has 0 spiro atoms. The molecular formula is C21H42N4O6. The predicted molar refractivity (Wildman–Crippen MR) is 119 cm³/mol. The van der Waals surface area contributed by atoms with Crippen LogP contribution >= 0.6 is 0 Å². The minimum atomic E-state index is -0.254. The van der Waals surface area contributed by atoms with Gasteiger partial charge in [0.2, 0.25) is 0 Å². The fraction of sp³-hybridized carbons (Fsp3) is 0.857. The number of ether oxygens (including phenoxy) is 3. The molecule has 0 saturated carbocycles. The first-order valence-electron chi connectivity index (χ1n) is 10.9. The fourth-order valence-electron chi connectivity index (χ4n) is 2.86. The second kappa shape index (κ2) is 19.0. The number of nitrogens with one attached hydrogen (secondary N) is 1. The van der Waals surface area contributed by atoms with Crippen LogP contribution in [-0.2, 0) is 28.6 Å². The highest BCUT2D eigenvalue weighted by molar-refractivity contribution is 5.70. The normalized spacial score (nSPS) is 11.2. The van der Waals surface area contributed by atoms with Crippen molar-refractivity contribution in [2.24, 2.45) is 0 Å². The Labute approximate surface area is 187 Å². The van der Waals surface area contributed by atoms with Gasteiger partial charge in [-0.2, -0.15) is 0 Å². The smallest absolute Gasteiger partial charge is 0.306 e. The van der Waals surface area contributed by atoms with Gasteiger partial charge in [-0.15, -0.1) is 0 Å². The standard InChI is InChI=1S/C21H42N4O6/c1-6-24(14-11-22-10-7-19(26)29-3)17-15-23(2)16-18-25(12-8-20(27)30-4)13-9-21(28)31-5/h22H,6-18H2,1-5H3. The molecule has 0 aliphatic heterocycles. The molecule has 0 bridgehead atoms. The van der Waals surface area contributed by atoms with Gasteiger partial charge in [-0.1, -0.05) is 6.92 Å². The molecule has 182 valence electrons. The van der Waals surface area contributed by atoms with Crippen LogP contribution in [0.25, 0.3) is 0 Å². The van der Waals surface area contributed by atoms with E-state index in [0.717, 1.165) is 45.8 Å². The maximum absolute atomic E-state index is 11.5. The van der Waals surface area contributed by atoms with Gasteiger partial charge in [0.25, 0.3) is 0 Å². The number of likely N-dealkylation sites (N-methyl/N-ethyl adjacent to an activating group) is 2. The molecular weight excluding hydrogens is 404 g/mol. The molecule has 0 aromatic rings. The van der Waals surface area contributed by atoms with Crippen molar-refractivity contribution < 1.29 is 28.6 Å². The van der Waals surface area contributed by atoms with Crippen LogP contribution in [0.15, 0.2) is 0 Å². The molecule has 10 heteroatoms. The van der Waals surface area contributed by atoms with E-state index in [-0.39, 0.29) is 17.9 Å². The number of carbonyl (C=O) groups is 3. The highest BCUT2D eigenvalue weighted by Gasteiger charge is 2.13. The minimum Gasteiger partial charge on any atom is -0.469 e. The SMILES string of the molecule is CCN(CCNCCC(=O)OC)CCN(C)CCN(CCC(=O)OC)CCC(=O)OC. The summed E-state index contributed by atoms with van der Waals surface area (Å²) in [5.74, 6) is -0.709. The number of hydrogen-bond donors (Lipinski definition) is 1. The topological polar surface area (TPSA) is 101 Å². The lowest BCUT2D eigenvalue weighted by Crippen LogP contribution is -2.40. The average molecular weight is 447 g/mol. The number of rotatable bonds is 19. The Morgan fingerprint density at radius 2 is 1.13 bits per heavy atom. The van der Waals surface area contributed by atoms with Crippen LogP contribution in [0.2, 0.25) is 0 Å². The van der Waals surface area contributed by atoms with Gasteiger partial charge in [-0.3, -0.25) is 14.4 Å². The third kappa shape index (κ3) is 16.6. The molecule has 0 aromatic carbocycles. The van der Waals surface area contributed by atoms with Gasteiger partial charge in [0.05, 0.1) is 40.6 Å². The van der Waals surface area contributed by atoms with E-state index in [0.29, 0.717) is 38.9 Å². The Kier molecular flexibility index (Phi) is 17.9. The molecule has 0 amide bonds. The van der Waals surface area contributed by atoms with Gasteiger partial charge in [0, 0.05) is 58.9 Å². The van der Waals surface area contributed by atoms with Gasteiger partial charge in [0.15, 0.2) is 0 Å². The van der Waals surface area contributed by atoms with Crippen LogP contribution in [0.4, 0.5) is 0 Å². The second-order valence-electron chi connectivity index (χ2n) is 7.31. The van der Waals surface area contributed by atoms with Gasteiger partial charge in [-0.25, -0.2) is 0 Å². The number of hydrogen-bond acceptors (Lipinski definition) is 10. The molecule has 0 atom stereocenters. The highest BCUT2D eigenvalue weighted by atomic mass is 16.5. The van der Waals surface area contributed by atoms with E-state index in [2.05, 4.69) is 38.7 Å². The summed E-state index contributed by atoms with van der Waals surface area (Å²) >= 11 is 0. The number of nitrogens with zero attached hydrogens (tertiary/aromatic N) is 3. The van der Waals surface area contributed by atoms with Crippen molar-refractivity contribution in [2.45, 2.75) is 26.2 Å². The first kappa shape index (κ1) is 29.2. The Morgan fingerprint density at radius 3 is 1.61 bits per heavy atom. The van der Waals surface area contributed by atoms with E-state index < -0.39 is 0 Å². The van der Waals surface area contributed by atoms with Crippen LogP contribution in [0.1, 0.15) is 26.2 Å². The first-order valence-corrected chi connectivity index (χ1v) is 10.9. The summed E-state index contributed by atoms with van der Waals surface area (Å²) < 4.78 is 14.1. The van der Waals surface area contributed by atoms with Crippen LogP contribution in [0, 0.1) is 0 Å². The van der Waals surface area contributed by atoms with Crippen molar-refractivity contribution >= 4 is 17.9 Å². The molecule has 31 heavy (non-hydrogen) atoms. The van der Waals surface area contributed by atoms with Crippen molar-refractivity contribution in [1.29, 1.82) is 0 Å². The summed E-state index contributed by atoms with van der Waals surface area (Å²) in [5, 5.41) is 3.26. The Hall–Kier alpha value is -1.75. The lowest BCUT2D eigenvalue weighted by Gasteiger charge is -2.27. The fourth-order valence-corrected chi connectivity index (χ4v) is 2.86. The van der Waals surface area contributed by atoms with Gasteiger partial charge >= 0.3 is 17.9 Å². The van der Waals surface area contributed by atoms with Crippen LogP contribution in [-0.4, -0.2) is 126 Å². The zero-order chi connectivity index (χ0) is 23.5. The summed E-state index contributed by atoms with van der Waals surface area (Å²) in [6.07, 6.45) is 0.982. The van der Waals surface area contributed by atoms with Crippen molar-refractivity contribution in [3.05, 3.63) is 0 Å².